The zero-order valence-electron chi connectivity index (χ0n) is 19.2. The number of rotatable bonds is 7. The maximum Gasteiger partial charge on any atom is 0.294 e. The van der Waals surface area contributed by atoms with E-state index in [1.165, 1.54) is 0 Å². The van der Waals surface area contributed by atoms with Crippen LogP contribution in [-0.4, -0.2) is 28.5 Å². The number of amides is 3. The minimum absolute atomic E-state index is 0.213. The van der Waals surface area contributed by atoms with Crippen molar-refractivity contribution >= 4 is 91.3 Å². The average molecular weight is 641 g/mol. The number of benzene rings is 3. The number of carbonyl (C=O) groups excluding carboxylic acids is 3. The van der Waals surface area contributed by atoms with E-state index < -0.39 is 23.6 Å². The number of anilines is 1. The predicted octanol–water partition coefficient (Wildman–Crippen LogP) is 7.97. The first-order valence-electron chi connectivity index (χ1n) is 10.8. The highest BCUT2D eigenvalue weighted by molar-refractivity contribution is 9.10. The van der Waals surface area contributed by atoms with Gasteiger partial charge in [-0.2, -0.15) is 0 Å². The van der Waals surface area contributed by atoms with Gasteiger partial charge in [0.05, 0.1) is 9.38 Å². The van der Waals surface area contributed by atoms with Crippen LogP contribution in [0.3, 0.4) is 0 Å². The number of carbonyl (C=O) groups is 3. The number of ether oxygens (including phenoxy) is 1. The lowest BCUT2D eigenvalue weighted by Gasteiger charge is -2.13. The summed E-state index contributed by atoms with van der Waals surface area (Å²) >= 11 is 22.5. The summed E-state index contributed by atoms with van der Waals surface area (Å²) in [5, 5.41) is 3.68. The lowest BCUT2D eigenvalue weighted by molar-refractivity contribution is -0.127. The lowest BCUT2D eigenvalue weighted by atomic mass is 10.2. The Morgan fingerprint density at radius 3 is 2.54 bits per heavy atom. The Balaban J connectivity index is 1.40. The summed E-state index contributed by atoms with van der Waals surface area (Å²) in [4.78, 5) is 38.8. The number of aryl methyl sites for hydroxylation is 1. The van der Waals surface area contributed by atoms with E-state index in [1.54, 1.807) is 60.7 Å². The number of hydrogen-bond donors (Lipinski definition) is 1. The average Bonchev–Trinajstić information content (AvgIpc) is 3.09. The fraction of sp³-hybridized carbons (Fsp3) is 0.115. The van der Waals surface area contributed by atoms with Crippen LogP contribution in [0.5, 0.6) is 5.75 Å². The molecular weight excluding hydrogens is 623 g/mol. The SMILES string of the molecule is Cc1ccc(NC(=O)CN2C(=O)S/C(=C/c3ccc(OCc4ccc(Cl)cc4Cl)c(Br)c3)C2=O)cc1Cl. The molecule has 0 radical (unpaired) electrons. The molecule has 0 saturated carbocycles. The molecule has 1 fully saturated rings. The second-order valence-electron chi connectivity index (χ2n) is 7.99. The summed E-state index contributed by atoms with van der Waals surface area (Å²) in [6.07, 6.45) is 1.59. The minimum atomic E-state index is -0.541. The molecule has 0 aromatic heterocycles. The molecule has 37 heavy (non-hydrogen) atoms. The number of hydrogen-bond acceptors (Lipinski definition) is 5. The molecule has 6 nitrogen and oxygen atoms in total. The van der Waals surface area contributed by atoms with Crippen molar-refractivity contribution in [1.29, 1.82) is 0 Å². The maximum absolute atomic E-state index is 12.8. The summed E-state index contributed by atoms with van der Waals surface area (Å²) in [5.41, 5.74) is 2.81. The van der Waals surface area contributed by atoms with Gasteiger partial charge in [0.15, 0.2) is 0 Å². The molecule has 1 aliphatic heterocycles. The zero-order valence-corrected chi connectivity index (χ0v) is 23.9. The van der Waals surface area contributed by atoms with Gasteiger partial charge in [-0.05, 0) is 88.2 Å². The molecule has 0 unspecified atom stereocenters. The Kier molecular flexibility index (Phi) is 8.87. The van der Waals surface area contributed by atoms with Crippen LogP contribution in [0, 0.1) is 6.92 Å². The molecule has 0 aliphatic carbocycles. The number of halogens is 4. The molecule has 0 atom stereocenters. The highest BCUT2D eigenvalue weighted by atomic mass is 79.9. The van der Waals surface area contributed by atoms with Crippen molar-refractivity contribution in [2.75, 3.05) is 11.9 Å². The van der Waals surface area contributed by atoms with Gasteiger partial charge in [-0.1, -0.05) is 53.0 Å². The van der Waals surface area contributed by atoms with E-state index in [9.17, 15) is 14.4 Å². The van der Waals surface area contributed by atoms with Crippen molar-refractivity contribution in [3.05, 3.63) is 95.7 Å². The van der Waals surface area contributed by atoms with E-state index in [-0.39, 0.29) is 11.5 Å². The molecule has 11 heteroatoms. The van der Waals surface area contributed by atoms with Gasteiger partial charge >= 0.3 is 0 Å². The van der Waals surface area contributed by atoms with Gasteiger partial charge in [0.2, 0.25) is 5.91 Å². The second kappa shape index (κ2) is 11.9. The topological polar surface area (TPSA) is 75.7 Å². The molecule has 0 bridgehead atoms. The van der Waals surface area contributed by atoms with Crippen molar-refractivity contribution in [2.24, 2.45) is 0 Å². The van der Waals surface area contributed by atoms with E-state index in [1.807, 2.05) is 6.92 Å². The van der Waals surface area contributed by atoms with E-state index >= 15 is 0 Å². The van der Waals surface area contributed by atoms with E-state index in [4.69, 9.17) is 39.5 Å². The standard InChI is InChI=1S/C26H18BrCl3N2O4S/c1-14-2-6-18(11-20(14)29)31-24(33)12-32-25(34)23(37-26(32)35)9-15-3-7-22(19(27)8-15)36-13-16-4-5-17(28)10-21(16)30/h2-11H,12-13H2,1H3,(H,31,33)/b23-9+. The summed E-state index contributed by atoms with van der Waals surface area (Å²) < 4.78 is 6.50. The summed E-state index contributed by atoms with van der Waals surface area (Å²) in [6.45, 7) is 1.68. The van der Waals surface area contributed by atoms with Crippen LogP contribution < -0.4 is 10.1 Å². The van der Waals surface area contributed by atoms with Crippen molar-refractivity contribution in [2.45, 2.75) is 13.5 Å². The molecular formula is C26H18BrCl3N2O4S. The first kappa shape index (κ1) is 27.5. The summed E-state index contributed by atoms with van der Waals surface area (Å²) in [5.74, 6) is -0.474. The van der Waals surface area contributed by atoms with Crippen molar-refractivity contribution < 1.29 is 19.1 Å². The quantitative estimate of drug-likeness (QED) is 0.265. The van der Waals surface area contributed by atoms with E-state index in [0.29, 0.717) is 36.5 Å². The lowest BCUT2D eigenvalue weighted by Crippen LogP contribution is -2.36. The minimum Gasteiger partial charge on any atom is -0.488 e. The van der Waals surface area contributed by atoms with Gasteiger partial charge in [-0.25, -0.2) is 0 Å². The molecule has 3 aromatic rings. The van der Waals surface area contributed by atoms with Crippen LogP contribution in [0.4, 0.5) is 10.5 Å². The van der Waals surface area contributed by atoms with Gasteiger partial charge in [-0.15, -0.1) is 0 Å². The van der Waals surface area contributed by atoms with Crippen LogP contribution in [0.2, 0.25) is 15.1 Å². The van der Waals surface area contributed by atoms with Crippen molar-refractivity contribution in [3.63, 3.8) is 0 Å². The smallest absolute Gasteiger partial charge is 0.294 e. The Hall–Kier alpha value is -2.49. The molecule has 190 valence electrons. The molecule has 3 amide bonds. The second-order valence-corrected chi connectivity index (χ2v) is 11.1. The third-order valence-corrected chi connectivity index (χ3v) is 7.80. The summed E-state index contributed by atoms with van der Waals surface area (Å²) in [6, 6.07) is 15.5. The molecule has 1 aliphatic rings. The van der Waals surface area contributed by atoms with Crippen molar-refractivity contribution in [3.8, 4) is 5.75 Å². The normalized spacial score (nSPS) is 14.4. The fourth-order valence-electron chi connectivity index (χ4n) is 3.32. The number of nitrogens with one attached hydrogen (secondary N) is 1. The van der Waals surface area contributed by atoms with Crippen LogP contribution in [-0.2, 0) is 16.2 Å². The van der Waals surface area contributed by atoms with Crippen LogP contribution in [0.15, 0.2) is 64.0 Å². The van der Waals surface area contributed by atoms with E-state index in [2.05, 4.69) is 21.2 Å². The van der Waals surface area contributed by atoms with Crippen molar-refractivity contribution in [1.82, 2.24) is 4.90 Å². The molecule has 1 saturated heterocycles. The van der Waals surface area contributed by atoms with Crippen LogP contribution in [0.1, 0.15) is 16.7 Å². The van der Waals surface area contributed by atoms with Gasteiger partial charge in [-0.3, -0.25) is 19.3 Å². The first-order valence-corrected chi connectivity index (χ1v) is 13.5. The highest BCUT2D eigenvalue weighted by Crippen LogP contribution is 2.34. The van der Waals surface area contributed by atoms with Gasteiger partial charge < -0.3 is 10.1 Å². The number of imide groups is 1. The molecule has 1 heterocycles. The molecule has 0 spiro atoms. The third-order valence-electron chi connectivity index (χ3n) is 5.28. The number of thioether (sulfide) groups is 1. The summed E-state index contributed by atoms with van der Waals surface area (Å²) in [7, 11) is 0. The monoisotopic (exact) mass is 638 g/mol. The van der Waals surface area contributed by atoms with Gasteiger partial charge in [0, 0.05) is 26.3 Å². The molecule has 4 rings (SSSR count). The molecule has 1 N–H and O–H groups in total. The van der Waals surface area contributed by atoms with E-state index in [0.717, 1.165) is 27.8 Å². The predicted molar refractivity (Wildman–Crippen MR) is 152 cm³/mol. The fourth-order valence-corrected chi connectivity index (χ4v) is 5.31. The Morgan fingerprint density at radius 1 is 1.05 bits per heavy atom. The molecule has 3 aromatic carbocycles. The largest absolute Gasteiger partial charge is 0.488 e. The van der Waals surface area contributed by atoms with Crippen LogP contribution >= 0.6 is 62.5 Å². The first-order chi connectivity index (χ1) is 17.6. The van der Waals surface area contributed by atoms with Gasteiger partial charge in [0.25, 0.3) is 11.1 Å². The Morgan fingerprint density at radius 2 is 1.84 bits per heavy atom. The number of nitrogens with zero attached hydrogens (tertiary/aromatic N) is 1. The Bertz CT molecular complexity index is 1450. The third kappa shape index (κ3) is 6.89. The highest BCUT2D eigenvalue weighted by Gasteiger charge is 2.36. The zero-order chi connectivity index (χ0) is 26.7. The van der Waals surface area contributed by atoms with Crippen LogP contribution in [0.25, 0.3) is 6.08 Å². The maximum atomic E-state index is 12.8. The van der Waals surface area contributed by atoms with Gasteiger partial charge in [0.1, 0.15) is 18.9 Å². The Labute approximate surface area is 241 Å².